The van der Waals surface area contributed by atoms with Gasteiger partial charge in [-0.1, -0.05) is 23.8 Å². The highest BCUT2D eigenvalue weighted by molar-refractivity contribution is 5.19. The van der Waals surface area contributed by atoms with Gasteiger partial charge in [-0.2, -0.15) is 0 Å². The van der Waals surface area contributed by atoms with Crippen molar-refractivity contribution in [1.82, 2.24) is 5.32 Å². The summed E-state index contributed by atoms with van der Waals surface area (Å²) in [6.07, 6.45) is 8.76. The van der Waals surface area contributed by atoms with E-state index in [4.69, 9.17) is 0 Å². The molecule has 2 rings (SSSR count). The minimum absolute atomic E-state index is 0.168. The summed E-state index contributed by atoms with van der Waals surface area (Å²) in [5.74, 6) is -0.168. The number of hydrogen-bond donors (Lipinski definition) is 1. The molecule has 1 unspecified atom stereocenters. The molecule has 98 valence electrons. The van der Waals surface area contributed by atoms with Gasteiger partial charge >= 0.3 is 0 Å². The third-order valence-corrected chi connectivity index (χ3v) is 3.65. The standard InChI is InChI=1S/C16H22FN/c1-13(15-7-9-16(17)10-8-15)18-12-11-14-5-3-2-4-6-14/h5,7-10,13,18H,2-4,6,11-12H2,1H3. The van der Waals surface area contributed by atoms with Crippen molar-refractivity contribution in [2.45, 2.75) is 45.1 Å². The molecular formula is C16H22FN. The van der Waals surface area contributed by atoms with Gasteiger partial charge in [0.25, 0.3) is 0 Å². The quantitative estimate of drug-likeness (QED) is 0.762. The van der Waals surface area contributed by atoms with Crippen molar-refractivity contribution in [3.8, 4) is 0 Å². The van der Waals surface area contributed by atoms with Crippen molar-refractivity contribution >= 4 is 0 Å². The number of rotatable bonds is 5. The first-order valence-electron chi connectivity index (χ1n) is 6.92. The molecule has 0 saturated heterocycles. The highest BCUT2D eigenvalue weighted by atomic mass is 19.1. The summed E-state index contributed by atoms with van der Waals surface area (Å²) < 4.78 is 12.8. The van der Waals surface area contributed by atoms with E-state index in [1.165, 1.54) is 37.8 Å². The summed E-state index contributed by atoms with van der Waals surface area (Å²) in [7, 11) is 0. The maximum absolute atomic E-state index is 12.8. The molecule has 1 aliphatic rings. The number of allylic oxidation sites excluding steroid dienone is 1. The molecule has 1 aromatic carbocycles. The molecule has 0 saturated carbocycles. The lowest BCUT2D eigenvalue weighted by Gasteiger charge is -2.17. The van der Waals surface area contributed by atoms with Crippen LogP contribution in [0.15, 0.2) is 35.9 Å². The van der Waals surface area contributed by atoms with Crippen LogP contribution in [0.4, 0.5) is 4.39 Å². The number of halogens is 1. The molecule has 0 fully saturated rings. The fourth-order valence-corrected chi connectivity index (χ4v) is 2.45. The van der Waals surface area contributed by atoms with Gasteiger partial charge in [-0.15, -0.1) is 0 Å². The highest BCUT2D eigenvalue weighted by Crippen LogP contribution is 2.20. The maximum atomic E-state index is 12.8. The number of benzene rings is 1. The second kappa shape index (κ2) is 6.69. The topological polar surface area (TPSA) is 12.0 Å². The molecule has 0 radical (unpaired) electrons. The Morgan fingerprint density at radius 1 is 1.22 bits per heavy atom. The van der Waals surface area contributed by atoms with Crippen molar-refractivity contribution < 1.29 is 4.39 Å². The number of hydrogen-bond acceptors (Lipinski definition) is 1. The lowest BCUT2D eigenvalue weighted by atomic mass is 9.97. The van der Waals surface area contributed by atoms with Crippen LogP contribution < -0.4 is 5.32 Å². The summed E-state index contributed by atoms with van der Waals surface area (Å²) in [4.78, 5) is 0. The first-order chi connectivity index (χ1) is 8.75. The van der Waals surface area contributed by atoms with Crippen molar-refractivity contribution in [1.29, 1.82) is 0 Å². The third-order valence-electron chi connectivity index (χ3n) is 3.65. The van der Waals surface area contributed by atoms with Gasteiger partial charge in [0.2, 0.25) is 0 Å². The Morgan fingerprint density at radius 3 is 2.67 bits per heavy atom. The van der Waals surface area contributed by atoms with Gasteiger partial charge in [0, 0.05) is 6.04 Å². The fourth-order valence-electron chi connectivity index (χ4n) is 2.45. The molecule has 1 aromatic rings. The van der Waals surface area contributed by atoms with E-state index >= 15 is 0 Å². The fraction of sp³-hybridized carbons (Fsp3) is 0.500. The van der Waals surface area contributed by atoms with Crippen LogP contribution in [0.3, 0.4) is 0 Å². The van der Waals surface area contributed by atoms with Crippen LogP contribution in [0, 0.1) is 5.82 Å². The van der Waals surface area contributed by atoms with E-state index in [-0.39, 0.29) is 11.9 Å². The van der Waals surface area contributed by atoms with E-state index in [9.17, 15) is 4.39 Å². The minimum atomic E-state index is -0.168. The monoisotopic (exact) mass is 247 g/mol. The SMILES string of the molecule is CC(NCCC1=CCCCC1)c1ccc(F)cc1. The van der Waals surface area contributed by atoms with E-state index in [2.05, 4.69) is 18.3 Å². The highest BCUT2D eigenvalue weighted by Gasteiger charge is 2.06. The van der Waals surface area contributed by atoms with Crippen LogP contribution in [-0.2, 0) is 0 Å². The summed E-state index contributed by atoms with van der Waals surface area (Å²) >= 11 is 0. The van der Waals surface area contributed by atoms with Crippen molar-refractivity contribution in [3.63, 3.8) is 0 Å². The molecule has 1 atom stereocenters. The Kier molecular flexibility index (Phi) is 4.94. The molecule has 0 aliphatic heterocycles. The summed E-state index contributed by atoms with van der Waals surface area (Å²) in [6.45, 7) is 3.13. The van der Waals surface area contributed by atoms with Gasteiger partial charge < -0.3 is 5.32 Å². The Morgan fingerprint density at radius 2 is 2.00 bits per heavy atom. The third kappa shape index (κ3) is 3.95. The summed E-state index contributed by atoms with van der Waals surface area (Å²) in [6, 6.07) is 7.04. The minimum Gasteiger partial charge on any atom is -0.310 e. The van der Waals surface area contributed by atoms with Crippen LogP contribution in [-0.4, -0.2) is 6.54 Å². The predicted octanol–water partition coefficient (Wildman–Crippen LogP) is 4.37. The van der Waals surface area contributed by atoms with Crippen molar-refractivity contribution in [2.24, 2.45) is 0 Å². The molecule has 2 heteroatoms. The van der Waals surface area contributed by atoms with Crippen LogP contribution in [0.5, 0.6) is 0 Å². The van der Waals surface area contributed by atoms with Gasteiger partial charge in [0.15, 0.2) is 0 Å². The molecule has 0 aromatic heterocycles. The second-order valence-electron chi connectivity index (χ2n) is 5.09. The van der Waals surface area contributed by atoms with Crippen LogP contribution in [0.1, 0.15) is 50.6 Å². The lowest BCUT2D eigenvalue weighted by Crippen LogP contribution is -2.20. The maximum Gasteiger partial charge on any atom is 0.123 e. The molecule has 0 amide bonds. The first-order valence-corrected chi connectivity index (χ1v) is 6.92. The van der Waals surface area contributed by atoms with Crippen molar-refractivity contribution in [2.75, 3.05) is 6.54 Å². The predicted molar refractivity (Wildman–Crippen MR) is 74.0 cm³/mol. The Hall–Kier alpha value is -1.15. The van der Waals surface area contributed by atoms with Crippen LogP contribution in [0.2, 0.25) is 0 Å². The zero-order valence-corrected chi connectivity index (χ0v) is 11.1. The van der Waals surface area contributed by atoms with Crippen LogP contribution in [0.25, 0.3) is 0 Å². The summed E-state index contributed by atoms with van der Waals surface area (Å²) in [5, 5.41) is 3.50. The molecule has 0 spiro atoms. The van der Waals surface area contributed by atoms with Gasteiger partial charge in [0.05, 0.1) is 0 Å². The molecular weight excluding hydrogens is 225 g/mol. The first kappa shape index (κ1) is 13.3. The normalized spacial score (nSPS) is 17.3. The Bertz CT molecular complexity index is 394. The van der Waals surface area contributed by atoms with Gasteiger partial charge in [-0.05, 0) is 63.3 Å². The average molecular weight is 247 g/mol. The molecule has 1 N–H and O–H groups in total. The smallest absolute Gasteiger partial charge is 0.123 e. The Labute approximate surface area is 109 Å². The number of nitrogens with one attached hydrogen (secondary N) is 1. The second-order valence-corrected chi connectivity index (χ2v) is 5.09. The Balaban J connectivity index is 1.76. The molecule has 1 aliphatic carbocycles. The zero-order valence-electron chi connectivity index (χ0n) is 11.1. The van der Waals surface area contributed by atoms with Gasteiger partial charge in [-0.3, -0.25) is 0 Å². The molecule has 0 bridgehead atoms. The molecule has 0 heterocycles. The van der Waals surface area contributed by atoms with E-state index < -0.39 is 0 Å². The average Bonchev–Trinajstić information content (AvgIpc) is 2.40. The zero-order chi connectivity index (χ0) is 12.8. The van der Waals surface area contributed by atoms with E-state index in [0.717, 1.165) is 18.5 Å². The van der Waals surface area contributed by atoms with Crippen molar-refractivity contribution in [3.05, 3.63) is 47.3 Å². The molecule has 1 nitrogen and oxygen atoms in total. The van der Waals surface area contributed by atoms with Gasteiger partial charge in [0.1, 0.15) is 5.82 Å². The van der Waals surface area contributed by atoms with Gasteiger partial charge in [-0.25, -0.2) is 4.39 Å². The van der Waals surface area contributed by atoms with E-state index in [1.807, 2.05) is 12.1 Å². The molecule has 18 heavy (non-hydrogen) atoms. The lowest BCUT2D eigenvalue weighted by molar-refractivity contribution is 0.560. The summed E-state index contributed by atoms with van der Waals surface area (Å²) in [5.41, 5.74) is 2.74. The van der Waals surface area contributed by atoms with E-state index in [1.54, 1.807) is 5.57 Å². The van der Waals surface area contributed by atoms with E-state index in [0.29, 0.717) is 0 Å². The van der Waals surface area contributed by atoms with Crippen LogP contribution >= 0.6 is 0 Å². The largest absolute Gasteiger partial charge is 0.310 e.